The fraction of sp³-hybridized carbons (Fsp3) is 0.941. The molecule has 0 aliphatic carbocycles. The van der Waals surface area contributed by atoms with E-state index in [1.54, 1.807) is 0 Å². The molecule has 0 aliphatic rings. The van der Waals surface area contributed by atoms with Gasteiger partial charge in [0.25, 0.3) is 0 Å². The van der Waals surface area contributed by atoms with Gasteiger partial charge in [0.05, 0.1) is 7.11 Å². The summed E-state index contributed by atoms with van der Waals surface area (Å²) in [6.07, 6.45) is 8.46. The van der Waals surface area contributed by atoms with Crippen molar-refractivity contribution in [2.24, 2.45) is 0 Å². The van der Waals surface area contributed by atoms with Crippen LogP contribution in [0.2, 0.25) is 6.04 Å². The van der Waals surface area contributed by atoms with E-state index in [1.165, 1.54) is 32.8 Å². The Kier molecular flexibility index (Phi) is 14.8. The minimum atomic E-state index is -2.44. The van der Waals surface area contributed by atoms with Crippen LogP contribution in [0.3, 0.4) is 0 Å². The normalized spacial score (nSPS) is 11.7. The van der Waals surface area contributed by atoms with Crippen molar-refractivity contribution >= 4 is 14.8 Å². The van der Waals surface area contributed by atoms with Gasteiger partial charge in [0.1, 0.15) is 0 Å². The van der Waals surface area contributed by atoms with Crippen molar-refractivity contribution in [3.05, 3.63) is 0 Å². The maximum absolute atomic E-state index is 11.0. The van der Waals surface area contributed by atoms with E-state index >= 15 is 0 Å². The fourth-order valence-corrected chi connectivity index (χ4v) is 5.28. The number of carbonyl (C=O) groups excluding carboxylic acids is 1. The Morgan fingerprint density at radius 1 is 0.739 bits per heavy atom. The molecule has 0 saturated heterocycles. The molecule has 6 heteroatoms. The summed E-state index contributed by atoms with van der Waals surface area (Å²) in [5.74, 6) is -0.103. The Balaban J connectivity index is 3.75. The Morgan fingerprint density at radius 2 is 1.17 bits per heavy atom. The Hall–Kier alpha value is -0.433. The number of ether oxygens (including phenoxy) is 1. The summed E-state index contributed by atoms with van der Waals surface area (Å²) in [5, 5.41) is 0. The summed E-state index contributed by atoms with van der Waals surface area (Å²) < 4.78 is 22.2. The quantitative estimate of drug-likeness (QED) is 0.236. The SMILES string of the molecule is CCO[Si](CCCCCCCCCC(=O)OC)(OCC)OCC. The highest BCUT2D eigenvalue weighted by molar-refractivity contribution is 6.60. The van der Waals surface area contributed by atoms with Crippen LogP contribution in [0.5, 0.6) is 0 Å². The minimum absolute atomic E-state index is 0.103. The molecule has 0 spiro atoms. The van der Waals surface area contributed by atoms with E-state index in [0.29, 0.717) is 26.2 Å². The van der Waals surface area contributed by atoms with Gasteiger partial charge in [-0.15, -0.1) is 0 Å². The Morgan fingerprint density at radius 3 is 1.61 bits per heavy atom. The van der Waals surface area contributed by atoms with Gasteiger partial charge in [-0.3, -0.25) is 4.79 Å². The third-order valence-corrected chi connectivity index (χ3v) is 6.84. The fourth-order valence-electron chi connectivity index (χ4n) is 2.60. The monoisotopic (exact) mass is 348 g/mol. The molecule has 0 aliphatic heterocycles. The third-order valence-electron chi connectivity index (χ3n) is 3.68. The topological polar surface area (TPSA) is 54.0 Å². The summed E-state index contributed by atoms with van der Waals surface area (Å²) in [7, 11) is -1.00. The van der Waals surface area contributed by atoms with Gasteiger partial charge < -0.3 is 18.0 Å². The lowest BCUT2D eigenvalue weighted by Gasteiger charge is -2.28. The summed E-state index contributed by atoms with van der Waals surface area (Å²) >= 11 is 0. The highest BCUT2D eigenvalue weighted by Gasteiger charge is 2.39. The molecule has 0 rings (SSSR count). The number of rotatable bonds is 16. The van der Waals surface area contributed by atoms with Crippen LogP contribution in [0, 0.1) is 0 Å². The first-order valence-corrected chi connectivity index (χ1v) is 11.1. The smallest absolute Gasteiger partial charge is 0.469 e. The van der Waals surface area contributed by atoms with E-state index in [9.17, 15) is 4.79 Å². The molecule has 0 amide bonds. The van der Waals surface area contributed by atoms with Crippen molar-refractivity contribution in [2.45, 2.75) is 78.2 Å². The zero-order chi connectivity index (χ0) is 17.4. The first-order chi connectivity index (χ1) is 11.1. The van der Waals surface area contributed by atoms with Gasteiger partial charge >= 0.3 is 14.8 Å². The molecule has 0 fully saturated rings. The van der Waals surface area contributed by atoms with Crippen molar-refractivity contribution in [3.8, 4) is 0 Å². The second kappa shape index (κ2) is 15.1. The van der Waals surface area contributed by atoms with Gasteiger partial charge in [-0.2, -0.15) is 0 Å². The van der Waals surface area contributed by atoms with Crippen molar-refractivity contribution < 1.29 is 22.8 Å². The van der Waals surface area contributed by atoms with E-state index in [0.717, 1.165) is 25.3 Å². The van der Waals surface area contributed by atoms with Gasteiger partial charge in [0.15, 0.2) is 0 Å². The van der Waals surface area contributed by atoms with E-state index in [2.05, 4.69) is 4.74 Å². The number of unbranched alkanes of at least 4 members (excludes halogenated alkanes) is 6. The lowest BCUT2D eigenvalue weighted by atomic mass is 10.1. The average molecular weight is 349 g/mol. The van der Waals surface area contributed by atoms with Gasteiger partial charge in [0, 0.05) is 32.3 Å². The van der Waals surface area contributed by atoms with E-state index in [1.807, 2.05) is 20.8 Å². The highest BCUT2D eigenvalue weighted by atomic mass is 28.4. The maximum atomic E-state index is 11.0. The molecular weight excluding hydrogens is 312 g/mol. The number of carbonyl (C=O) groups is 1. The second-order valence-corrected chi connectivity index (χ2v) is 8.27. The van der Waals surface area contributed by atoms with Gasteiger partial charge in [-0.1, -0.05) is 32.1 Å². The largest absolute Gasteiger partial charge is 0.500 e. The first-order valence-electron chi connectivity index (χ1n) is 9.12. The molecule has 0 radical (unpaired) electrons. The molecular formula is C17H36O5Si. The third kappa shape index (κ3) is 11.7. The molecule has 0 N–H and O–H groups in total. The van der Waals surface area contributed by atoms with Gasteiger partial charge in [-0.25, -0.2) is 0 Å². The molecule has 0 bridgehead atoms. The van der Waals surface area contributed by atoms with Crippen molar-refractivity contribution in [1.82, 2.24) is 0 Å². The second-order valence-electron chi connectivity index (χ2n) is 5.53. The predicted octanol–water partition coefficient (Wildman–Crippen LogP) is 4.33. The van der Waals surface area contributed by atoms with E-state index in [4.69, 9.17) is 13.3 Å². The van der Waals surface area contributed by atoms with Gasteiger partial charge in [0.2, 0.25) is 0 Å². The lowest BCUT2D eigenvalue weighted by Crippen LogP contribution is -2.45. The molecule has 0 heterocycles. The van der Waals surface area contributed by atoms with Crippen LogP contribution in [0.4, 0.5) is 0 Å². The van der Waals surface area contributed by atoms with Crippen LogP contribution in [0.25, 0.3) is 0 Å². The number of esters is 1. The zero-order valence-electron chi connectivity index (χ0n) is 15.5. The Labute approximate surface area is 143 Å². The molecule has 0 aromatic carbocycles. The minimum Gasteiger partial charge on any atom is -0.469 e. The molecule has 23 heavy (non-hydrogen) atoms. The average Bonchev–Trinajstić information content (AvgIpc) is 2.53. The molecule has 5 nitrogen and oxygen atoms in total. The molecule has 0 saturated carbocycles. The number of methoxy groups -OCH3 is 1. The van der Waals surface area contributed by atoms with E-state index < -0.39 is 8.80 Å². The molecule has 0 unspecified atom stereocenters. The van der Waals surface area contributed by atoms with Crippen LogP contribution in [-0.2, 0) is 22.8 Å². The summed E-state index contributed by atoms with van der Waals surface area (Å²) in [6, 6.07) is 0.908. The maximum Gasteiger partial charge on any atom is 0.500 e. The molecule has 138 valence electrons. The van der Waals surface area contributed by atoms with Crippen molar-refractivity contribution in [1.29, 1.82) is 0 Å². The van der Waals surface area contributed by atoms with Crippen LogP contribution < -0.4 is 0 Å². The van der Waals surface area contributed by atoms with Crippen LogP contribution >= 0.6 is 0 Å². The highest BCUT2D eigenvalue weighted by Crippen LogP contribution is 2.20. The number of hydrogen-bond acceptors (Lipinski definition) is 5. The summed E-state index contributed by atoms with van der Waals surface area (Å²) in [4.78, 5) is 11.0. The summed E-state index contributed by atoms with van der Waals surface area (Å²) in [6.45, 7) is 7.92. The molecule has 0 aromatic rings. The molecule has 0 atom stereocenters. The van der Waals surface area contributed by atoms with Crippen molar-refractivity contribution in [3.63, 3.8) is 0 Å². The van der Waals surface area contributed by atoms with Crippen molar-refractivity contribution in [2.75, 3.05) is 26.9 Å². The Bertz CT molecular complexity index is 269. The van der Waals surface area contributed by atoms with Crippen LogP contribution in [0.15, 0.2) is 0 Å². The van der Waals surface area contributed by atoms with Gasteiger partial charge in [-0.05, 0) is 33.6 Å². The lowest BCUT2D eigenvalue weighted by molar-refractivity contribution is -0.140. The van der Waals surface area contributed by atoms with Crippen LogP contribution in [0.1, 0.15) is 72.1 Å². The predicted molar refractivity (Wildman–Crippen MR) is 94.4 cm³/mol. The summed E-state index contributed by atoms with van der Waals surface area (Å²) in [5.41, 5.74) is 0. The standard InChI is InChI=1S/C17H36O5Si/c1-5-20-23(21-6-2,22-7-3)16-14-12-10-8-9-11-13-15-17(18)19-4/h5-16H2,1-4H3. The van der Waals surface area contributed by atoms with Crippen LogP contribution in [-0.4, -0.2) is 41.7 Å². The molecule has 0 aromatic heterocycles. The zero-order valence-corrected chi connectivity index (χ0v) is 16.5. The first kappa shape index (κ1) is 22.6. The number of hydrogen-bond donors (Lipinski definition) is 0. The van der Waals surface area contributed by atoms with E-state index in [-0.39, 0.29) is 5.97 Å².